The Morgan fingerprint density at radius 1 is 1.38 bits per heavy atom. The van der Waals surface area contributed by atoms with Crippen LogP contribution < -0.4 is 5.73 Å². The van der Waals surface area contributed by atoms with E-state index in [9.17, 15) is 9.18 Å². The number of carbonyl (C=O) groups excluding carboxylic acids is 1. The molecule has 1 aliphatic heterocycles. The Hall–Kier alpha value is -1.46. The lowest BCUT2D eigenvalue weighted by Gasteiger charge is -2.38. The summed E-state index contributed by atoms with van der Waals surface area (Å²) in [7, 11) is 0. The summed E-state index contributed by atoms with van der Waals surface area (Å²) in [5.41, 5.74) is 7.03. The van der Waals surface area contributed by atoms with Gasteiger partial charge in [-0.25, -0.2) is 4.39 Å². The van der Waals surface area contributed by atoms with Gasteiger partial charge in [0.1, 0.15) is 5.82 Å². The van der Waals surface area contributed by atoms with Gasteiger partial charge in [-0.1, -0.05) is 0 Å². The number of nitrogens with zero attached hydrogens (tertiary/aromatic N) is 1. The number of nitrogens with two attached hydrogens (primary N) is 1. The van der Waals surface area contributed by atoms with Crippen LogP contribution in [0, 0.1) is 11.7 Å². The highest BCUT2D eigenvalue weighted by Gasteiger charge is 2.30. The summed E-state index contributed by atoms with van der Waals surface area (Å²) < 4.78 is 19.6. The van der Waals surface area contributed by atoms with E-state index in [2.05, 4.69) is 0 Å². The van der Waals surface area contributed by atoms with Crippen LogP contribution >= 0.6 is 0 Å². The van der Waals surface area contributed by atoms with E-state index in [1.165, 1.54) is 18.9 Å². The lowest BCUT2D eigenvalue weighted by Crippen LogP contribution is -2.51. The molecule has 1 heterocycles. The van der Waals surface area contributed by atoms with Crippen LogP contribution in [0.3, 0.4) is 0 Å². The van der Waals surface area contributed by atoms with Crippen molar-refractivity contribution in [2.24, 2.45) is 11.7 Å². The molecule has 3 rings (SSSR count). The van der Waals surface area contributed by atoms with Gasteiger partial charge in [0.15, 0.2) is 0 Å². The number of likely N-dealkylation sites (tertiary alicyclic amines) is 1. The van der Waals surface area contributed by atoms with Crippen molar-refractivity contribution >= 4 is 5.91 Å². The maximum Gasteiger partial charge on any atom is 0.254 e. The van der Waals surface area contributed by atoms with Crippen molar-refractivity contribution in [3.63, 3.8) is 0 Å². The number of hydrogen-bond acceptors (Lipinski definition) is 3. The molecule has 132 valence electrons. The first-order valence-electron chi connectivity index (χ1n) is 8.99. The van der Waals surface area contributed by atoms with Crippen LogP contribution in [0.25, 0.3) is 0 Å². The molecule has 0 bridgehead atoms. The SMILES string of the molecule is C[C@@H](N)[C@H]1CCCCN1C(=O)c1ccc(F)c(COCC2CC2)c1. The predicted molar refractivity (Wildman–Crippen MR) is 91.1 cm³/mol. The molecule has 1 amide bonds. The van der Waals surface area contributed by atoms with Gasteiger partial charge in [0.05, 0.1) is 6.61 Å². The number of benzene rings is 1. The molecular formula is C19H27FN2O2. The third kappa shape index (κ3) is 4.14. The van der Waals surface area contributed by atoms with Crippen LogP contribution in [0.5, 0.6) is 0 Å². The fraction of sp³-hybridized carbons (Fsp3) is 0.632. The van der Waals surface area contributed by atoms with E-state index >= 15 is 0 Å². The molecule has 2 aliphatic rings. The normalized spacial score (nSPS) is 22.5. The molecule has 5 heteroatoms. The van der Waals surface area contributed by atoms with Crippen molar-refractivity contribution in [2.45, 2.75) is 57.7 Å². The highest BCUT2D eigenvalue weighted by molar-refractivity contribution is 5.94. The second-order valence-corrected chi connectivity index (χ2v) is 7.19. The van der Waals surface area contributed by atoms with Gasteiger partial charge >= 0.3 is 0 Å². The van der Waals surface area contributed by atoms with Crippen molar-refractivity contribution in [1.82, 2.24) is 4.90 Å². The Labute approximate surface area is 143 Å². The Balaban J connectivity index is 1.70. The van der Waals surface area contributed by atoms with Crippen LogP contribution in [0.15, 0.2) is 18.2 Å². The lowest BCUT2D eigenvalue weighted by atomic mass is 9.95. The molecule has 0 aromatic heterocycles. The lowest BCUT2D eigenvalue weighted by molar-refractivity contribution is 0.0583. The first-order chi connectivity index (χ1) is 11.6. The van der Waals surface area contributed by atoms with Crippen molar-refractivity contribution in [1.29, 1.82) is 0 Å². The number of hydrogen-bond donors (Lipinski definition) is 1. The van der Waals surface area contributed by atoms with Crippen molar-refractivity contribution in [3.8, 4) is 0 Å². The van der Waals surface area contributed by atoms with Crippen LogP contribution in [-0.2, 0) is 11.3 Å². The molecule has 2 atom stereocenters. The Kier molecular flexibility index (Phi) is 5.51. The van der Waals surface area contributed by atoms with Crippen molar-refractivity contribution in [3.05, 3.63) is 35.1 Å². The highest BCUT2D eigenvalue weighted by Crippen LogP contribution is 2.29. The Morgan fingerprint density at radius 3 is 2.88 bits per heavy atom. The van der Waals surface area contributed by atoms with Gasteiger partial charge in [0.25, 0.3) is 5.91 Å². The van der Waals surface area contributed by atoms with Gasteiger partial charge in [-0.2, -0.15) is 0 Å². The van der Waals surface area contributed by atoms with E-state index in [0.29, 0.717) is 23.7 Å². The molecule has 0 unspecified atom stereocenters. The van der Waals surface area contributed by atoms with Gasteiger partial charge in [0.2, 0.25) is 0 Å². The number of halogens is 1. The molecule has 24 heavy (non-hydrogen) atoms. The Morgan fingerprint density at radius 2 is 2.17 bits per heavy atom. The van der Waals surface area contributed by atoms with Crippen LogP contribution in [-0.4, -0.2) is 36.0 Å². The fourth-order valence-electron chi connectivity index (χ4n) is 3.36. The number of carbonyl (C=O) groups is 1. The molecule has 1 saturated heterocycles. The van der Waals surface area contributed by atoms with E-state index < -0.39 is 0 Å². The molecule has 0 spiro atoms. The van der Waals surface area contributed by atoms with E-state index in [1.807, 2.05) is 11.8 Å². The maximum atomic E-state index is 14.0. The zero-order valence-corrected chi connectivity index (χ0v) is 14.3. The third-order valence-electron chi connectivity index (χ3n) is 5.02. The summed E-state index contributed by atoms with van der Waals surface area (Å²) in [4.78, 5) is 14.7. The minimum atomic E-state index is -0.315. The first kappa shape index (κ1) is 17.4. The molecule has 1 aromatic carbocycles. The summed E-state index contributed by atoms with van der Waals surface area (Å²) in [6.45, 7) is 3.56. The molecule has 4 nitrogen and oxygen atoms in total. The third-order valence-corrected chi connectivity index (χ3v) is 5.02. The standard InChI is InChI=1S/C19H27FN2O2/c1-13(21)18-4-2-3-9-22(18)19(23)15-7-8-17(20)16(10-15)12-24-11-14-5-6-14/h7-8,10,13-14,18H,2-6,9,11-12,21H2,1H3/t13-,18-/m1/s1. The van der Waals surface area contributed by atoms with Crippen LogP contribution in [0.2, 0.25) is 0 Å². The molecule has 1 saturated carbocycles. The zero-order valence-electron chi connectivity index (χ0n) is 14.3. The van der Waals surface area contributed by atoms with E-state index in [0.717, 1.165) is 25.8 Å². The van der Waals surface area contributed by atoms with E-state index in [4.69, 9.17) is 10.5 Å². The first-order valence-corrected chi connectivity index (χ1v) is 8.99. The molecule has 0 radical (unpaired) electrons. The average molecular weight is 334 g/mol. The minimum Gasteiger partial charge on any atom is -0.376 e. The van der Waals surface area contributed by atoms with E-state index in [1.54, 1.807) is 12.1 Å². The summed E-state index contributed by atoms with van der Waals surface area (Å²) in [6.07, 6.45) is 5.43. The predicted octanol–water partition coefficient (Wildman–Crippen LogP) is 3.09. The summed E-state index contributed by atoms with van der Waals surface area (Å²) in [5.74, 6) is 0.267. The van der Waals surface area contributed by atoms with Gasteiger partial charge in [-0.3, -0.25) is 4.79 Å². The van der Waals surface area contributed by atoms with E-state index in [-0.39, 0.29) is 30.4 Å². The van der Waals surface area contributed by atoms with Gasteiger partial charge in [-0.15, -0.1) is 0 Å². The number of amides is 1. The second kappa shape index (κ2) is 7.62. The van der Waals surface area contributed by atoms with Crippen molar-refractivity contribution in [2.75, 3.05) is 13.2 Å². The minimum absolute atomic E-state index is 0.0551. The smallest absolute Gasteiger partial charge is 0.254 e. The molecule has 2 N–H and O–H groups in total. The Bertz CT molecular complexity index is 587. The summed E-state index contributed by atoms with van der Waals surface area (Å²) >= 11 is 0. The van der Waals surface area contributed by atoms with Gasteiger partial charge < -0.3 is 15.4 Å². The number of piperidine rings is 1. The van der Waals surface area contributed by atoms with Crippen molar-refractivity contribution < 1.29 is 13.9 Å². The molecule has 2 fully saturated rings. The fourth-order valence-corrected chi connectivity index (χ4v) is 3.36. The quantitative estimate of drug-likeness (QED) is 0.870. The molecule has 1 aliphatic carbocycles. The monoisotopic (exact) mass is 334 g/mol. The average Bonchev–Trinajstić information content (AvgIpc) is 3.40. The maximum absolute atomic E-state index is 14.0. The van der Waals surface area contributed by atoms with Gasteiger partial charge in [-0.05, 0) is 63.1 Å². The van der Waals surface area contributed by atoms with Gasteiger partial charge in [0, 0.05) is 36.4 Å². The number of rotatable bonds is 6. The second-order valence-electron chi connectivity index (χ2n) is 7.19. The van der Waals surface area contributed by atoms with Crippen LogP contribution in [0.1, 0.15) is 54.9 Å². The largest absolute Gasteiger partial charge is 0.376 e. The topological polar surface area (TPSA) is 55.6 Å². The zero-order chi connectivity index (χ0) is 17.1. The number of ether oxygens (including phenoxy) is 1. The molecular weight excluding hydrogens is 307 g/mol. The summed E-state index contributed by atoms with van der Waals surface area (Å²) in [5, 5.41) is 0. The highest BCUT2D eigenvalue weighted by atomic mass is 19.1. The molecule has 1 aromatic rings. The summed E-state index contributed by atoms with van der Waals surface area (Å²) in [6, 6.07) is 4.57. The van der Waals surface area contributed by atoms with Crippen LogP contribution in [0.4, 0.5) is 4.39 Å².